The van der Waals surface area contributed by atoms with Crippen molar-refractivity contribution in [2.24, 2.45) is 0 Å². The summed E-state index contributed by atoms with van der Waals surface area (Å²) in [4.78, 5) is 0. The van der Waals surface area contributed by atoms with Gasteiger partial charge in [0.15, 0.2) is 11.5 Å². The molecule has 0 aliphatic carbocycles. The van der Waals surface area contributed by atoms with Gasteiger partial charge in [-0.1, -0.05) is 18.2 Å². The van der Waals surface area contributed by atoms with E-state index in [1.54, 1.807) is 7.11 Å². The molecule has 0 saturated carbocycles. The van der Waals surface area contributed by atoms with Crippen molar-refractivity contribution in [1.82, 2.24) is 0 Å². The number of ether oxygens (including phenoxy) is 4. The van der Waals surface area contributed by atoms with Crippen LogP contribution < -0.4 is 18.9 Å². The zero-order valence-electron chi connectivity index (χ0n) is 16.2. The van der Waals surface area contributed by atoms with Crippen molar-refractivity contribution in [3.63, 3.8) is 0 Å². The number of rotatable bonds is 10. The molecule has 0 heterocycles. The second-order valence-corrected chi connectivity index (χ2v) is 5.86. The van der Waals surface area contributed by atoms with Gasteiger partial charge < -0.3 is 18.9 Å². The highest BCUT2D eigenvalue weighted by Gasteiger charge is 2.18. The molecule has 0 fully saturated rings. The van der Waals surface area contributed by atoms with Gasteiger partial charge in [-0.2, -0.15) is 0 Å². The number of methoxy groups -OCH3 is 1. The molecule has 26 heavy (non-hydrogen) atoms. The van der Waals surface area contributed by atoms with Gasteiger partial charge in [-0.3, -0.25) is 0 Å². The standard InChI is InChI=1S/C22H29O4/c1-6-24-20-14-17(15-21(25-7-2)22(20)26-8-3)13-16(4)18-11-9-10-12-19(18)23-5/h9-12,14-16H,4,6-8,13H2,1-3,5H3. The van der Waals surface area contributed by atoms with E-state index in [2.05, 4.69) is 13.0 Å². The van der Waals surface area contributed by atoms with Crippen LogP contribution in [0.15, 0.2) is 36.4 Å². The average molecular weight is 357 g/mol. The summed E-state index contributed by atoms with van der Waals surface area (Å²) in [5.41, 5.74) is 2.17. The normalized spacial score (nSPS) is 11.7. The van der Waals surface area contributed by atoms with Gasteiger partial charge in [0, 0.05) is 0 Å². The van der Waals surface area contributed by atoms with Crippen molar-refractivity contribution in [2.45, 2.75) is 33.1 Å². The molecule has 0 aliphatic rings. The second kappa shape index (κ2) is 9.95. The first-order chi connectivity index (χ1) is 12.6. The Hall–Kier alpha value is -2.36. The fraction of sp³-hybridized carbons (Fsp3) is 0.409. The maximum atomic E-state index is 5.80. The minimum Gasteiger partial charge on any atom is -0.496 e. The summed E-state index contributed by atoms with van der Waals surface area (Å²) in [5, 5.41) is 0. The van der Waals surface area contributed by atoms with E-state index in [0.717, 1.165) is 23.3 Å². The van der Waals surface area contributed by atoms with Gasteiger partial charge >= 0.3 is 0 Å². The van der Waals surface area contributed by atoms with Crippen LogP contribution in [0.2, 0.25) is 0 Å². The van der Waals surface area contributed by atoms with Crippen LogP contribution in [-0.4, -0.2) is 26.9 Å². The predicted octanol–water partition coefficient (Wildman–Crippen LogP) is 5.05. The number of benzene rings is 2. The zero-order chi connectivity index (χ0) is 18.9. The van der Waals surface area contributed by atoms with E-state index in [0.29, 0.717) is 37.1 Å². The van der Waals surface area contributed by atoms with E-state index >= 15 is 0 Å². The van der Waals surface area contributed by atoms with Crippen molar-refractivity contribution in [1.29, 1.82) is 0 Å². The van der Waals surface area contributed by atoms with Crippen molar-refractivity contribution in [3.8, 4) is 23.0 Å². The topological polar surface area (TPSA) is 36.9 Å². The van der Waals surface area contributed by atoms with Crippen LogP contribution in [0, 0.1) is 6.92 Å². The summed E-state index contributed by atoms with van der Waals surface area (Å²) in [6.07, 6.45) is 0.743. The lowest BCUT2D eigenvalue weighted by molar-refractivity contribution is 0.260. The lowest BCUT2D eigenvalue weighted by Gasteiger charge is -2.19. The molecular weight excluding hydrogens is 328 g/mol. The molecule has 0 aliphatic heterocycles. The molecule has 2 aromatic rings. The third-order valence-electron chi connectivity index (χ3n) is 4.03. The van der Waals surface area contributed by atoms with Crippen LogP contribution in [0.4, 0.5) is 0 Å². The molecule has 2 rings (SSSR count). The van der Waals surface area contributed by atoms with Crippen molar-refractivity contribution in [3.05, 3.63) is 54.4 Å². The Morgan fingerprint density at radius 3 is 1.96 bits per heavy atom. The Balaban J connectivity index is 2.35. The van der Waals surface area contributed by atoms with Crippen molar-refractivity contribution < 1.29 is 18.9 Å². The highest BCUT2D eigenvalue weighted by molar-refractivity contribution is 5.54. The molecule has 0 spiro atoms. The van der Waals surface area contributed by atoms with E-state index < -0.39 is 0 Å². The number of hydrogen-bond acceptors (Lipinski definition) is 4. The first-order valence-electron chi connectivity index (χ1n) is 9.15. The van der Waals surface area contributed by atoms with Crippen LogP contribution in [0.3, 0.4) is 0 Å². The van der Waals surface area contributed by atoms with E-state index in [4.69, 9.17) is 18.9 Å². The fourth-order valence-electron chi connectivity index (χ4n) is 2.96. The van der Waals surface area contributed by atoms with Gasteiger partial charge in [-0.05, 0) is 69.4 Å². The van der Waals surface area contributed by atoms with Crippen molar-refractivity contribution >= 4 is 0 Å². The molecule has 1 atom stereocenters. The number of hydrogen-bond donors (Lipinski definition) is 0. The minimum absolute atomic E-state index is 0.0491. The highest BCUT2D eigenvalue weighted by atomic mass is 16.5. The average Bonchev–Trinajstić information content (AvgIpc) is 2.64. The summed E-state index contributed by atoms with van der Waals surface area (Å²) in [5.74, 6) is 2.99. The predicted molar refractivity (Wildman–Crippen MR) is 105 cm³/mol. The van der Waals surface area contributed by atoms with Gasteiger partial charge in [0.2, 0.25) is 5.75 Å². The Bertz CT molecular complexity index is 669. The Morgan fingerprint density at radius 2 is 1.42 bits per heavy atom. The molecule has 0 saturated heterocycles. The molecule has 4 nitrogen and oxygen atoms in total. The van der Waals surface area contributed by atoms with E-state index in [9.17, 15) is 0 Å². The third kappa shape index (κ3) is 4.84. The highest BCUT2D eigenvalue weighted by Crippen LogP contribution is 2.40. The van der Waals surface area contributed by atoms with Crippen LogP contribution in [-0.2, 0) is 6.42 Å². The maximum Gasteiger partial charge on any atom is 0.203 e. The molecular formula is C22H29O4. The second-order valence-electron chi connectivity index (χ2n) is 5.86. The lowest BCUT2D eigenvalue weighted by atomic mass is 9.92. The summed E-state index contributed by atoms with van der Waals surface area (Å²) in [7, 11) is 1.68. The lowest BCUT2D eigenvalue weighted by Crippen LogP contribution is -2.06. The third-order valence-corrected chi connectivity index (χ3v) is 4.03. The molecule has 0 bridgehead atoms. The van der Waals surface area contributed by atoms with Crippen LogP contribution in [0.25, 0.3) is 0 Å². The molecule has 0 aromatic heterocycles. The molecule has 2 aromatic carbocycles. The maximum absolute atomic E-state index is 5.80. The smallest absolute Gasteiger partial charge is 0.203 e. The SMILES string of the molecule is [CH2]C(Cc1cc(OCC)c(OCC)c(OCC)c1)c1ccccc1OC. The van der Waals surface area contributed by atoms with Crippen LogP contribution >= 0.6 is 0 Å². The molecule has 4 heteroatoms. The van der Waals surface area contributed by atoms with Gasteiger partial charge in [0.1, 0.15) is 5.75 Å². The van der Waals surface area contributed by atoms with Gasteiger partial charge in [-0.15, -0.1) is 0 Å². The first-order valence-corrected chi connectivity index (χ1v) is 9.15. The van der Waals surface area contributed by atoms with E-state index in [1.165, 1.54) is 0 Å². The first kappa shape index (κ1) is 20.0. The van der Waals surface area contributed by atoms with Gasteiger partial charge in [0.25, 0.3) is 0 Å². The molecule has 0 amide bonds. The number of para-hydroxylation sites is 1. The van der Waals surface area contributed by atoms with Gasteiger partial charge in [-0.25, -0.2) is 0 Å². The zero-order valence-corrected chi connectivity index (χ0v) is 16.2. The monoisotopic (exact) mass is 357 g/mol. The Labute approximate surface area is 157 Å². The quantitative estimate of drug-likeness (QED) is 0.596. The summed E-state index contributed by atoms with van der Waals surface area (Å²) >= 11 is 0. The summed E-state index contributed by atoms with van der Waals surface area (Å²) < 4.78 is 22.8. The Kier molecular flexibility index (Phi) is 7.64. The fourth-order valence-corrected chi connectivity index (χ4v) is 2.96. The molecule has 1 radical (unpaired) electrons. The van der Waals surface area contributed by atoms with Crippen molar-refractivity contribution in [2.75, 3.05) is 26.9 Å². The summed E-state index contributed by atoms with van der Waals surface area (Å²) in [6, 6.07) is 12.0. The summed E-state index contributed by atoms with van der Waals surface area (Å²) in [6.45, 7) is 11.9. The van der Waals surface area contributed by atoms with Crippen LogP contribution in [0.1, 0.15) is 37.8 Å². The van der Waals surface area contributed by atoms with Crippen LogP contribution in [0.5, 0.6) is 23.0 Å². The molecule has 0 N–H and O–H groups in total. The molecule has 141 valence electrons. The van der Waals surface area contributed by atoms with Gasteiger partial charge in [0.05, 0.1) is 26.9 Å². The van der Waals surface area contributed by atoms with E-state index in [-0.39, 0.29) is 5.92 Å². The largest absolute Gasteiger partial charge is 0.496 e. The minimum atomic E-state index is 0.0491. The van der Waals surface area contributed by atoms with E-state index in [1.807, 2.05) is 51.1 Å². The molecule has 1 unspecified atom stereocenters. The Morgan fingerprint density at radius 1 is 0.846 bits per heavy atom.